The SMILES string of the molecule is COC(=O)[C@@H]1CC(Cc2ccccc2)CN1. The molecular formula is C13H17NO2. The maximum Gasteiger partial charge on any atom is 0.322 e. The molecule has 1 aromatic carbocycles. The summed E-state index contributed by atoms with van der Waals surface area (Å²) in [4.78, 5) is 11.3. The lowest BCUT2D eigenvalue weighted by Gasteiger charge is -2.08. The van der Waals surface area contributed by atoms with Crippen molar-refractivity contribution in [3.63, 3.8) is 0 Å². The lowest BCUT2D eigenvalue weighted by molar-refractivity contribution is -0.142. The second-order valence-corrected chi connectivity index (χ2v) is 4.28. The molecule has 0 saturated carbocycles. The maximum atomic E-state index is 11.3. The standard InChI is InChI=1S/C13H17NO2/c1-16-13(15)12-8-11(9-14-12)7-10-5-3-2-4-6-10/h2-6,11-12,14H,7-9H2,1H3/t11?,12-/m0/s1. The summed E-state index contributed by atoms with van der Waals surface area (Å²) in [6.07, 6.45) is 1.91. The average Bonchev–Trinajstić information content (AvgIpc) is 2.78. The van der Waals surface area contributed by atoms with E-state index in [1.54, 1.807) is 0 Å². The van der Waals surface area contributed by atoms with Crippen LogP contribution in [0.15, 0.2) is 30.3 Å². The molecule has 0 amide bonds. The van der Waals surface area contributed by atoms with Crippen molar-refractivity contribution in [2.24, 2.45) is 5.92 Å². The lowest BCUT2D eigenvalue weighted by atomic mass is 9.97. The van der Waals surface area contributed by atoms with Crippen LogP contribution in [0.1, 0.15) is 12.0 Å². The summed E-state index contributed by atoms with van der Waals surface area (Å²) in [6.45, 7) is 0.897. The van der Waals surface area contributed by atoms with Gasteiger partial charge in [-0.3, -0.25) is 4.79 Å². The lowest BCUT2D eigenvalue weighted by Crippen LogP contribution is -2.31. The van der Waals surface area contributed by atoms with Crippen LogP contribution in [-0.4, -0.2) is 25.7 Å². The second-order valence-electron chi connectivity index (χ2n) is 4.28. The third-order valence-electron chi connectivity index (χ3n) is 3.07. The molecule has 0 bridgehead atoms. The Morgan fingerprint density at radius 3 is 2.88 bits per heavy atom. The van der Waals surface area contributed by atoms with Crippen molar-refractivity contribution >= 4 is 5.97 Å². The molecule has 16 heavy (non-hydrogen) atoms. The van der Waals surface area contributed by atoms with Crippen LogP contribution in [0.4, 0.5) is 0 Å². The molecule has 1 heterocycles. The number of carbonyl (C=O) groups is 1. The van der Waals surface area contributed by atoms with Crippen LogP contribution in [0.5, 0.6) is 0 Å². The quantitative estimate of drug-likeness (QED) is 0.780. The van der Waals surface area contributed by atoms with Gasteiger partial charge in [0.2, 0.25) is 0 Å². The van der Waals surface area contributed by atoms with Crippen molar-refractivity contribution in [3.05, 3.63) is 35.9 Å². The highest BCUT2D eigenvalue weighted by Gasteiger charge is 2.29. The first kappa shape index (κ1) is 11.1. The molecule has 2 atom stereocenters. The fourth-order valence-corrected chi connectivity index (χ4v) is 2.23. The Hall–Kier alpha value is -1.35. The van der Waals surface area contributed by atoms with Gasteiger partial charge in [0.15, 0.2) is 0 Å². The number of ether oxygens (including phenoxy) is 1. The van der Waals surface area contributed by atoms with Gasteiger partial charge < -0.3 is 10.1 Å². The Morgan fingerprint density at radius 2 is 2.19 bits per heavy atom. The van der Waals surface area contributed by atoms with Crippen molar-refractivity contribution in [2.45, 2.75) is 18.9 Å². The number of carbonyl (C=O) groups excluding carboxylic acids is 1. The Kier molecular flexibility index (Phi) is 3.57. The summed E-state index contributed by atoms with van der Waals surface area (Å²) in [6, 6.07) is 10.3. The van der Waals surface area contributed by atoms with Crippen LogP contribution >= 0.6 is 0 Å². The predicted octanol–water partition coefficient (Wildman–Crippen LogP) is 1.38. The van der Waals surface area contributed by atoms with Crippen LogP contribution < -0.4 is 5.32 Å². The molecule has 1 unspecified atom stereocenters. The normalized spacial score (nSPS) is 24.3. The van der Waals surface area contributed by atoms with Crippen molar-refractivity contribution in [3.8, 4) is 0 Å². The minimum Gasteiger partial charge on any atom is -0.468 e. The zero-order chi connectivity index (χ0) is 11.4. The number of nitrogens with one attached hydrogen (secondary N) is 1. The first-order valence-corrected chi connectivity index (χ1v) is 5.64. The van der Waals surface area contributed by atoms with Crippen LogP contribution in [-0.2, 0) is 16.0 Å². The molecule has 2 rings (SSSR count). The molecule has 0 aromatic heterocycles. The van der Waals surface area contributed by atoms with Gasteiger partial charge in [-0.2, -0.15) is 0 Å². The van der Waals surface area contributed by atoms with Crippen LogP contribution in [0, 0.1) is 5.92 Å². The smallest absolute Gasteiger partial charge is 0.322 e. The number of esters is 1. The minimum atomic E-state index is -0.143. The number of methoxy groups -OCH3 is 1. The van der Waals surface area contributed by atoms with E-state index >= 15 is 0 Å². The van der Waals surface area contributed by atoms with E-state index in [2.05, 4.69) is 29.6 Å². The molecule has 1 aromatic rings. The third-order valence-corrected chi connectivity index (χ3v) is 3.07. The molecule has 1 N–H and O–H groups in total. The highest BCUT2D eigenvalue weighted by Crippen LogP contribution is 2.19. The molecule has 1 fully saturated rings. The van der Waals surface area contributed by atoms with Gasteiger partial charge >= 0.3 is 5.97 Å². The van der Waals surface area contributed by atoms with Crippen molar-refractivity contribution in [2.75, 3.05) is 13.7 Å². The Balaban J connectivity index is 1.88. The average molecular weight is 219 g/mol. The monoisotopic (exact) mass is 219 g/mol. The van der Waals surface area contributed by atoms with Gasteiger partial charge in [-0.05, 0) is 30.9 Å². The van der Waals surface area contributed by atoms with Crippen molar-refractivity contribution < 1.29 is 9.53 Å². The number of benzene rings is 1. The number of hydrogen-bond acceptors (Lipinski definition) is 3. The largest absolute Gasteiger partial charge is 0.468 e. The summed E-state index contributed by atoms with van der Waals surface area (Å²) in [7, 11) is 1.44. The van der Waals surface area contributed by atoms with Gasteiger partial charge in [-0.1, -0.05) is 30.3 Å². The molecular weight excluding hydrogens is 202 g/mol. The summed E-state index contributed by atoms with van der Waals surface area (Å²) in [5.74, 6) is 0.391. The van der Waals surface area contributed by atoms with Crippen molar-refractivity contribution in [1.29, 1.82) is 0 Å². The van der Waals surface area contributed by atoms with Gasteiger partial charge in [-0.15, -0.1) is 0 Å². The molecule has 0 radical (unpaired) electrons. The number of rotatable bonds is 3. The van der Waals surface area contributed by atoms with E-state index in [0.29, 0.717) is 5.92 Å². The molecule has 3 heteroatoms. The van der Waals surface area contributed by atoms with Gasteiger partial charge in [0.1, 0.15) is 6.04 Å². The van der Waals surface area contributed by atoms with E-state index in [-0.39, 0.29) is 12.0 Å². The highest BCUT2D eigenvalue weighted by molar-refractivity contribution is 5.76. The first-order chi connectivity index (χ1) is 7.79. The van der Waals surface area contributed by atoms with Gasteiger partial charge in [-0.25, -0.2) is 0 Å². The summed E-state index contributed by atoms with van der Waals surface area (Å²) >= 11 is 0. The number of hydrogen-bond donors (Lipinski definition) is 1. The summed E-state index contributed by atoms with van der Waals surface area (Å²) < 4.78 is 4.73. The summed E-state index contributed by atoms with van der Waals surface area (Å²) in [5, 5.41) is 3.20. The van der Waals surface area contributed by atoms with E-state index in [9.17, 15) is 4.79 Å². The second kappa shape index (κ2) is 5.12. The third kappa shape index (κ3) is 2.61. The Labute approximate surface area is 95.8 Å². The van der Waals surface area contributed by atoms with E-state index in [4.69, 9.17) is 4.74 Å². The molecule has 1 aliphatic heterocycles. The highest BCUT2D eigenvalue weighted by atomic mass is 16.5. The van der Waals surface area contributed by atoms with Gasteiger partial charge in [0, 0.05) is 0 Å². The molecule has 3 nitrogen and oxygen atoms in total. The van der Waals surface area contributed by atoms with E-state index in [1.807, 2.05) is 6.07 Å². The predicted molar refractivity (Wildman–Crippen MR) is 62.1 cm³/mol. The zero-order valence-electron chi connectivity index (χ0n) is 9.48. The fourth-order valence-electron chi connectivity index (χ4n) is 2.23. The van der Waals surface area contributed by atoms with Crippen LogP contribution in [0.25, 0.3) is 0 Å². The topological polar surface area (TPSA) is 38.3 Å². The van der Waals surface area contributed by atoms with E-state index in [0.717, 1.165) is 19.4 Å². The Morgan fingerprint density at radius 1 is 1.44 bits per heavy atom. The fraction of sp³-hybridized carbons (Fsp3) is 0.462. The zero-order valence-corrected chi connectivity index (χ0v) is 9.48. The Bertz CT molecular complexity index is 350. The summed E-state index contributed by atoms with van der Waals surface area (Å²) in [5.41, 5.74) is 1.33. The molecule has 0 spiro atoms. The molecule has 1 saturated heterocycles. The first-order valence-electron chi connectivity index (χ1n) is 5.64. The van der Waals surface area contributed by atoms with Crippen LogP contribution in [0.3, 0.4) is 0 Å². The van der Waals surface area contributed by atoms with Gasteiger partial charge in [0.25, 0.3) is 0 Å². The van der Waals surface area contributed by atoms with Crippen LogP contribution in [0.2, 0.25) is 0 Å². The maximum absolute atomic E-state index is 11.3. The van der Waals surface area contributed by atoms with E-state index in [1.165, 1.54) is 12.7 Å². The molecule has 1 aliphatic rings. The minimum absolute atomic E-state index is 0.112. The van der Waals surface area contributed by atoms with Gasteiger partial charge in [0.05, 0.1) is 7.11 Å². The van der Waals surface area contributed by atoms with E-state index < -0.39 is 0 Å². The molecule has 0 aliphatic carbocycles. The molecule has 86 valence electrons. The van der Waals surface area contributed by atoms with Crippen molar-refractivity contribution in [1.82, 2.24) is 5.32 Å².